The molecule has 0 spiro atoms. The first-order valence-electron chi connectivity index (χ1n) is 8.04. The maximum absolute atomic E-state index is 4.74. The Kier molecular flexibility index (Phi) is 3.52. The smallest absolute Gasteiger partial charge is 0.254 e. The van der Waals surface area contributed by atoms with E-state index in [1.54, 1.807) is 22.2 Å². The third kappa shape index (κ3) is 2.81. The Morgan fingerprint density at radius 2 is 2.09 bits per heavy atom. The molecule has 3 heterocycles. The lowest BCUT2D eigenvalue weighted by Gasteiger charge is -2.15. The molecule has 0 unspecified atom stereocenters. The van der Waals surface area contributed by atoms with Crippen LogP contribution in [-0.4, -0.2) is 24.6 Å². The SMILES string of the molecule is CC(C)c1nc([C@@H](C)Nc2cc(C3CC3)nc3ncnn23)cs1. The molecule has 120 valence electrons. The van der Waals surface area contributed by atoms with Gasteiger partial charge in [-0.15, -0.1) is 11.3 Å². The minimum Gasteiger partial charge on any atom is -0.362 e. The average Bonchev–Trinajstić information content (AvgIpc) is 3.07. The third-order valence-corrected chi connectivity index (χ3v) is 5.27. The molecule has 1 N–H and O–H groups in total. The second-order valence-electron chi connectivity index (χ2n) is 6.44. The summed E-state index contributed by atoms with van der Waals surface area (Å²) in [5, 5.41) is 11.1. The van der Waals surface area contributed by atoms with Crippen LogP contribution >= 0.6 is 11.3 Å². The molecule has 1 fully saturated rings. The molecule has 0 amide bonds. The maximum Gasteiger partial charge on any atom is 0.254 e. The number of anilines is 1. The lowest BCUT2D eigenvalue weighted by Crippen LogP contribution is -2.12. The molecule has 23 heavy (non-hydrogen) atoms. The Hall–Kier alpha value is -2.02. The molecule has 3 aromatic heterocycles. The average molecular weight is 328 g/mol. The van der Waals surface area contributed by atoms with Gasteiger partial charge in [0.15, 0.2) is 0 Å². The van der Waals surface area contributed by atoms with Crippen molar-refractivity contribution in [2.45, 2.75) is 51.5 Å². The summed E-state index contributed by atoms with van der Waals surface area (Å²) in [6.45, 7) is 6.47. The molecule has 0 saturated heterocycles. The van der Waals surface area contributed by atoms with Gasteiger partial charge >= 0.3 is 0 Å². The first-order chi connectivity index (χ1) is 11.1. The quantitative estimate of drug-likeness (QED) is 0.772. The second-order valence-corrected chi connectivity index (χ2v) is 7.33. The Morgan fingerprint density at radius 1 is 1.26 bits per heavy atom. The van der Waals surface area contributed by atoms with Crippen molar-refractivity contribution in [1.29, 1.82) is 0 Å². The number of hydrogen-bond acceptors (Lipinski definition) is 6. The van der Waals surface area contributed by atoms with E-state index in [0.29, 0.717) is 17.6 Å². The van der Waals surface area contributed by atoms with Crippen LogP contribution in [0.15, 0.2) is 17.8 Å². The normalized spacial score (nSPS) is 16.2. The molecule has 0 bridgehead atoms. The largest absolute Gasteiger partial charge is 0.362 e. The number of rotatable bonds is 5. The molecule has 0 aliphatic heterocycles. The first-order valence-corrected chi connectivity index (χ1v) is 8.92. The summed E-state index contributed by atoms with van der Waals surface area (Å²) < 4.78 is 1.76. The molecule has 0 radical (unpaired) electrons. The summed E-state index contributed by atoms with van der Waals surface area (Å²) in [5.74, 6) is 2.64. The van der Waals surface area contributed by atoms with E-state index in [-0.39, 0.29) is 6.04 Å². The van der Waals surface area contributed by atoms with Crippen molar-refractivity contribution >= 4 is 22.9 Å². The van der Waals surface area contributed by atoms with Crippen molar-refractivity contribution in [3.05, 3.63) is 34.2 Å². The Morgan fingerprint density at radius 3 is 2.78 bits per heavy atom. The highest BCUT2D eigenvalue weighted by molar-refractivity contribution is 7.09. The van der Waals surface area contributed by atoms with Gasteiger partial charge in [0.05, 0.1) is 22.4 Å². The maximum atomic E-state index is 4.74. The molecule has 3 aromatic rings. The summed E-state index contributed by atoms with van der Waals surface area (Å²) in [7, 11) is 0. The Labute approximate surface area is 139 Å². The monoisotopic (exact) mass is 328 g/mol. The highest BCUT2D eigenvalue weighted by atomic mass is 32.1. The van der Waals surface area contributed by atoms with Gasteiger partial charge in [-0.2, -0.15) is 14.6 Å². The molecule has 6 nitrogen and oxygen atoms in total. The van der Waals surface area contributed by atoms with Gasteiger partial charge in [-0.05, 0) is 19.8 Å². The number of nitrogens with zero attached hydrogens (tertiary/aromatic N) is 5. The van der Waals surface area contributed by atoms with Gasteiger partial charge in [0.25, 0.3) is 5.78 Å². The van der Waals surface area contributed by atoms with Crippen molar-refractivity contribution in [3.8, 4) is 0 Å². The van der Waals surface area contributed by atoms with Crippen molar-refractivity contribution in [1.82, 2.24) is 24.6 Å². The van der Waals surface area contributed by atoms with Gasteiger partial charge in [-0.25, -0.2) is 9.97 Å². The fraction of sp³-hybridized carbons (Fsp3) is 0.500. The molecule has 7 heteroatoms. The van der Waals surface area contributed by atoms with Gasteiger partial charge in [-0.3, -0.25) is 0 Å². The molecular weight excluding hydrogens is 308 g/mol. The Bertz CT molecular complexity index is 832. The van der Waals surface area contributed by atoms with E-state index < -0.39 is 0 Å². The van der Waals surface area contributed by atoms with Gasteiger partial charge in [0, 0.05) is 23.3 Å². The zero-order valence-corrected chi connectivity index (χ0v) is 14.3. The first kappa shape index (κ1) is 14.6. The third-order valence-electron chi connectivity index (χ3n) is 4.11. The van der Waals surface area contributed by atoms with Crippen LogP contribution in [0.4, 0.5) is 5.82 Å². The van der Waals surface area contributed by atoms with Crippen molar-refractivity contribution in [2.75, 3.05) is 5.32 Å². The summed E-state index contributed by atoms with van der Waals surface area (Å²) in [6, 6.07) is 2.21. The summed E-state index contributed by atoms with van der Waals surface area (Å²) in [6.07, 6.45) is 3.99. The Balaban J connectivity index is 1.64. The number of thiazole rings is 1. The molecule has 1 aliphatic rings. The van der Waals surface area contributed by atoms with E-state index in [1.807, 2.05) is 0 Å². The topological polar surface area (TPSA) is 68.0 Å². The number of aromatic nitrogens is 5. The summed E-state index contributed by atoms with van der Waals surface area (Å²) >= 11 is 1.72. The van der Waals surface area contributed by atoms with Gasteiger partial charge in [0.1, 0.15) is 12.1 Å². The van der Waals surface area contributed by atoms with Crippen LogP contribution in [0.1, 0.15) is 67.9 Å². The van der Waals surface area contributed by atoms with Crippen molar-refractivity contribution in [2.24, 2.45) is 0 Å². The fourth-order valence-corrected chi connectivity index (χ4v) is 3.51. The van der Waals surface area contributed by atoms with E-state index in [2.05, 4.69) is 52.6 Å². The zero-order chi connectivity index (χ0) is 16.0. The van der Waals surface area contributed by atoms with Crippen molar-refractivity contribution < 1.29 is 0 Å². The minimum absolute atomic E-state index is 0.112. The predicted octanol–water partition coefficient (Wildman–Crippen LogP) is 3.75. The molecule has 1 saturated carbocycles. The van der Waals surface area contributed by atoms with Gasteiger partial charge < -0.3 is 5.32 Å². The fourth-order valence-electron chi connectivity index (χ4n) is 2.58. The summed E-state index contributed by atoms with van der Waals surface area (Å²) in [5.41, 5.74) is 2.18. The highest BCUT2D eigenvalue weighted by Crippen LogP contribution is 2.40. The van der Waals surface area contributed by atoms with Gasteiger partial charge in [0.2, 0.25) is 0 Å². The van der Waals surface area contributed by atoms with Gasteiger partial charge in [-0.1, -0.05) is 13.8 Å². The van der Waals surface area contributed by atoms with Crippen molar-refractivity contribution in [3.63, 3.8) is 0 Å². The highest BCUT2D eigenvalue weighted by Gasteiger charge is 2.27. The van der Waals surface area contributed by atoms with E-state index in [0.717, 1.165) is 17.2 Å². The number of nitrogens with one attached hydrogen (secondary N) is 1. The molecule has 1 atom stereocenters. The van der Waals surface area contributed by atoms with Crippen LogP contribution in [0, 0.1) is 0 Å². The summed E-state index contributed by atoms with van der Waals surface area (Å²) in [4.78, 5) is 13.6. The second kappa shape index (κ2) is 5.56. The van der Waals surface area contributed by atoms with Crippen LogP contribution in [0.25, 0.3) is 5.78 Å². The molecule has 0 aromatic carbocycles. The number of hydrogen-bond donors (Lipinski definition) is 1. The van der Waals surface area contributed by atoms with E-state index in [1.165, 1.54) is 17.8 Å². The number of fused-ring (bicyclic) bond motifs is 1. The van der Waals surface area contributed by atoms with Crippen LogP contribution in [0.5, 0.6) is 0 Å². The molecule has 4 rings (SSSR count). The molecule has 1 aliphatic carbocycles. The lowest BCUT2D eigenvalue weighted by molar-refractivity contribution is 0.786. The zero-order valence-electron chi connectivity index (χ0n) is 13.5. The predicted molar refractivity (Wildman–Crippen MR) is 91.0 cm³/mol. The minimum atomic E-state index is 0.112. The van der Waals surface area contributed by atoms with E-state index in [9.17, 15) is 0 Å². The van der Waals surface area contributed by atoms with Crippen LogP contribution < -0.4 is 5.32 Å². The lowest BCUT2D eigenvalue weighted by atomic mass is 10.2. The van der Waals surface area contributed by atoms with Crippen LogP contribution in [-0.2, 0) is 0 Å². The standard InChI is InChI=1S/C16H20N6S/c1-9(2)15-20-13(7-23-15)10(3)19-14-6-12(11-4-5-11)21-16-17-8-18-22(14)16/h6-11,19H,4-5H2,1-3H3/t10-/m1/s1. The van der Waals surface area contributed by atoms with Crippen LogP contribution in [0.3, 0.4) is 0 Å². The van der Waals surface area contributed by atoms with E-state index >= 15 is 0 Å². The molecular formula is C16H20N6S. The van der Waals surface area contributed by atoms with Crippen LogP contribution in [0.2, 0.25) is 0 Å². The van der Waals surface area contributed by atoms with E-state index in [4.69, 9.17) is 4.98 Å².